The molecule has 0 spiro atoms. The number of rotatable bonds is 4. The van der Waals surface area contributed by atoms with E-state index in [1.54, 1.807) is 11.9 Å². The summed E-state index contributed by atoms with van der Waals surface area (Å²) in [6.45, 7) is 0. The van der Waals surface area contributed by atoms with E-state index in [-0.39, 0.29) is 41.2 Å². The highest BCUT2D eigenvalue weighted by Crippen LogP contribution is 2.32. The zero-order valence-electron chi connectivity index (χ0n) is 15.1. The van der Waals surface area contributed by atoms with Crippen LogP contribution in [0.1, 0.15) is 57.8 Å². The molecule has 0 aromatic rings. The molecule has 1 N–H and O–H groups in total. The largest absolute Gasteiger partial charge is 0.353 e. The van der Waals surface area contributed by atoms with Crippen LogP contribution in [0.25, 0.3) is 0 Å². The van der Waals surface area contributed by atoms with E-state index in [0.717, 1.165) is 38.5 Å². The maximum absolute atomic E-state index is 12.7. The Labute approximate surface area is 150 Å². The number of carbonyl (C=O) groups is 2. The van der Waals surface area contributed by atoms with Crippen LogP contribution in [-0.4, -0.2) is 55.8 Å². The van der Waals surface area contributed by atoms with Gasteiger partial charge < -0.3 is 10.2 Å². The Morgan fingerprint density at radius 3 is 2.08 bits per heavy atom. The monoisotopic (exact) mass is 370 g/mol. The van der Waals surface area contributed by atoms with Crippen molar-refractivity contribution in [2.45, 2.75) is 69.9 Å². The Morgan fingerprint density at radius 2 is 1.52 bits per heavy atom. The first-order valence-electron chi connectivity index (χ1n) is 9.63. The molecule has 142 valence electrons. The smallest absolute Gasteiger partial charge is 0.225 e. The summed E-state index contributed by atoms with van der Waals surface area (Å²) in [4.78, 5) is 26.7. The number of amides is 2. The van der Waals surface area contributed by atoms with Crippen LogP contribution in [0.15, 0.2) is 0 Å². The first kappa shape index (κ1) is 18.7. The van der Waals surface area contributed by atoms with Gasteiger partial charge in [0.1, 0.15) is 0 Å². The quantitative estimate of drug-likeness (QED) is 0.813. The molecule has 2 saturated carbocycles. The number of nitrogens with one attached hydrogen (secondary N) is 1. The van der Waals surface area contributed by atoms with Crippen molar-refractivity contribution in [2.24, 2.45) is 11.8 Å². The van der Waals surface area contributed by atoms with Gasteiger partial charge in [-0.25, -0.2) is 8.42 Å². The fourth-order valence-corrected chi connectivity index (χ4v) is 6.31. The van der Waals surface area contributed by atoms with E-state index in [2.05, 4.69) is 5.32 Å². The molecule has 1 aliphatic heterocycles. The van der Waals surface area contributed by atoms with Crippen molar-refractivity contribution < 1.29 is 18.0 Å². The molecule has 7 heteroatoms. The molecule has 0 radical (unpaired) electrons. The third-order valence-corrected chi connectivity index (χ3v) is 8.00. The lowest BCUT2D eigenvalue weighted by Gasteiger charge is -2.32. The standard InChI is InChI=1S/C18H30N2O4S/c1-20(16-10-11-25(23,24)12-16)18(22)14-8-6-13(7-9-14)17(21)19-15-4-2-3-5-15/h13-16H,2-12H2,1H3,(H,19,21). The molecule has 0 aromatic heterocycles. The van der Waals surface area contributed by atoms with Gasteiger partial charge >= 0.3 is 0 Å². The van der Waals surface area contributed by atoms with E-state index in [4.69, 9.17) is 0 Å². The molecule has 3 rings (SSSR count). The lowest BCUT2D eigenvalue weighted by atomic mass is 9.80. The van der Waals surface area contributed by atoms with Gasteiger partial charge in [0.05, 0.1) is 11.5 Å². The molecular weight excluding hydrogens is 340 g/mol. The lowest BCUT2D eigenvalue weighted by molar-refractivity contribution is -0.138. The summed E-state index contributed by atoms with van der Waals surface area (Å²) in [7, 11) is -1.25. The molecule has 3 aliphatic rings. The van der Waals surface area contributed by atoms with Crippen molar-refractivity contribution in [2.75, 3.05) is 18.6 Å². The van der Waals surface area contributed by atoms with Crippen LogP contribution in [0.3, 0.4) is 0 Å². The molecule has 1 heterocycles. The predicted molar refractivity (Wildman–Crippen MR) is 95.7 cm³/mol. The van der Waals surface area contributed by atoms with E-state index < -0.39 is 9.84 Å². The van der Waals surface area contributed by atoms with Gasteiger partial charge in [-0.05, 0) is 44.9 Å². The van der Waals surface area contributed by atoms with Crippen LogP contribution in [0.2, 0.25) is 0 Å². The summed E-state index contributed by atoms with van der Waals surface area (Å²) in [5.74, 6) is 0.452. The first-order valence-corrected chi connectivity index (χ1v) is 11.5. The van der Waals surface area contributed by atoms with Crippen LogP contribution in [-0.2, 0) is 19.4 Å². The van der Waals surface area contributed by atoms with E-state index >= 15 is 0 Å². The van der Waals surface area contributed by atoms with Gasteiger partial charge in [0.25, 0.3) is 0 Å². The SMILES string of the molecule is CN(C(=O)C1CCC(C(=O)NC2CCCC2)CC1)C1CCS(=O)(=O)C1. The molecule has 6 nitrogen and oxygen atoms in total. The summed E-state index contributed by atoms with van der Waals surface area (Å²) in [5, 5.41) is 3.17. The van der Waals surface area contributed by atoms with Crippen molar-refractivity contribution in [1.29, 1.82) is 0 Å². The van der Waals surface area contributed by atoms with Gasteiger partial charge in [-0.3, -0.25) is 9.59 Å². The van der Waals surface area contributed by atoms with E-state index in [0.29, 0.717) is 12.5 Å². The van der Waals surface area contributed by atoms with Gasteiger partial charge in [0.15, 0.2) is 9.84 Å². The Bertz CT molecular complexity index is 605. The van der Waals surface area contributed by atoms with Crippen LogP contribution in [0.5, 0.6) is 0 Å². The minimum Gasteiger partial charge on any atom is -0.353 e. The van der Waals surface area contributed by atoms with Crippen LogP contribution < -0.4 is 5.32 Å². The molecular formula is C18H30N2O4S. The third kappa shape index (κ3) is 4.54. The van der Waals surface area contributed by atoms with Crippen molar-refractivity contribution in [3.8, 4) is 0 Å². The van der Waals surface area contributed by atoms with Crippen molar-refractivity contribution in [3.63, 3.8) is 0 Å². The van der Waals surface area contributed by atoms with Gasteiger partial charge in [-0.2, -0.15) is 0 Å². The fourth-order valence-electron chi connectivity index (χ4n) is 4.54. The van der Waals surface area contributed by atoms with Gasteiger partial charge in [-0.15, -0.1) is 0 Å². The zero-order chi connectivity index (χ0) is 18.0. The zero-order valence-corrected chi connectivity index (χ0v) is 15.9. The van der Waals surface area contributed by atoms with Crippen molar-refractivity contribution in [3.05, 3.63) is 0 Å². The topological polar surface area (TPSA) is 83.6 Å². The number of sulfone groups is 1. The third-order valence-electron chi connectivity index (χ3n) is 6.25. The molecule has 1 atom stereocenters. The van der Waals surface area contributed by atoms with E-state index in [9.17, 15) is 18.0 Å². The Hall–Kier alpha value is -1.11. The highest BCUT2D eigenvalue weighted by Gasteiger charge is 2.37. The van der Waals surface area contributed by atoms with Gasteiger partial charge in [0.2, 0.25) is 11.8 Å². The lowest BCUT2D eigenvalue weighted by Crippen LogP contribution is -2.44. The minimum absolute atomic E-state index is 0.0295. The second-order valence-corrected chi connectivity index (χ2v) is 10.3. The van der Waals surface area contributed by atoms with Crippen molar-refractivity contribution >= 4 is 21.7 Å². The molecule has 2 amide bonds. The average molecular weight is 371 g/mol. The molecule has 1 unspecified atom stereocenters. The molecule has 0 bridgehead atoms. The predicted octanol–water partition coefficient (Wildman–Crippen LogP) is 1.50. The number of hydrogen-bond acceptors (Lipinski definition) is 4. The van der Waals surface area contributed by atoms with Crippen LogP contribution in [0, 0.1) is 11.8 Å². The highest BCUT2D eigenvalue weighted by molar-refractivity contribution is 7.91. The minimum atomic E-state index is -2.98. The summed E-state index contributed by atoms with van der Waals surface area (Å²) < 4.78 is 23.2. The second-order valence-electron chi connectivity index (χ2n) is 8.04. The molecule has 3 fully saturated rings. The molecule has 25 heavy (non-hydrogen) atoms. The summed E-state index contributed by atoms with van der Waals surface area (Å²) in [5.41, 5.74) is 0. The average Bonchev–Trinajstić information content (AvgIpc) is 3.22. The molecule has 1 saturated heterocycles. The maximum Gasteiger partial charge on any atom is 0.225 e. The fraction of sp³-hybridized carbons (Fsp3) is 0.889. The van der Waals surface area contributed by atoms with Gasteiger partial charge in [0, 0.05) is 31.0 Å². The number of hydrogen-bond donors (Lipinski definition) is 1. The summed E-state index contributed by atoms with van der Waals surface area (Å²) >= 11 is 0. The Balaban J connectivity index is 1.46. The summed E-state index contributed by atoms with van der Waals surface area (Å²) in [6.07, 6.45) is 8.10. The maximum atomic E-state index is 12.7. The number of carbonyl (C=O) groups excluding carboxylic acids is 2. The van der Waals surface area contributed by atoms with Crippen molar-refractivity contribution in [1.82, 2.24) is 10.2 Å². The summed E-state index contributed by atoms with van der Waals surface area (Å²) in [6, 6.07) is 0.170. The van der Waals surface area contributed by atoms with E-state index in [1.807, 2.05) is 0 Å². The second kappa shape index (κ2) is 7.64. The highest BCUT2D eigenvalue weighted by atomic mass is 32.2. The number of nitrogens with zero attached hydrogens (tertiary/aromatic N) is 1. The van der Waals surface area contributed by atoms with E-state index in [1.165, 1.54) is 12.8 Å². The normalized spacial score (nSPS) is 32.4. The molecule has 0 aromatic carbocycles. The Morgan fingerprint density at radius 1 is 0.920 bits per heavy atom. The molecule has 2 aliphatic carbocycles. The van der Waals surface area contributed by atoms with Gasteiger partial charge in [-0.1, -0.05) is 12.8 Å². The first-order chi connectivity index (χ1) is 11.9. The van der Waals surface area contributed by atoms with Crippen LogP contribution in [0.4, 0.5) is 0 Å². The van der Waals surface area contributed by atoms with Crippen LogP contribution >= 0.6 is 0 Å². The Kier molecular flexibility index (Phi) is 5.71.